The number of fused-ring (bicyclic) bond motifs is 1. The summed E-state index contributed by atoms with van der Waals surface area (Å²) in [6, 6.07) is 5.78. The highest BCUT2D eigenvalue weighted by Gasteiger charge is 2.25. The number of carbonyl (C=O) groups excluding carboxylic acids is 1. The van der Waals surface area contributed by atoms with Gasteiger partial charge in [-0.2, -0.15) is 0 Å². The maximum absolute atomic E-state index is 11.4. The van der Waals surface area contributed by atoms with Gasteiger partial charge in [-0.15, -0.1) is 0 Å². The molecule has 4 nitrogen and oxygen atoms in total. The number of rotatable bonds is 3. The molecule has 4 heteroatoms. The SMILES string of the molecule is CNC(=O)CN(C)C1CCCc2ccc(O)cc21. The lowest BCUT2D eigenvalue weighted by Gasteiger charge is -2.32. The molecule has 1 amide bonds. The Morgan fingerprint density at radius 2 is 2.33 bits per heavy atom. The molecule has 0 aromatic heterocycles. The molecule has 98 valence electrons. The highest BCUT2D eigenvalue weighted by atomic mass is 16.3. The van der Waals surface area contributed by atoms with E-state index in [1.165, 1.54) is 5.56 Å². The summed E-state index contributed by atoms with van der Waals surface area (Å²) in [4.78, 5) is 13.5. The Kier molecular flexibility index (Phi) is 3.87. The number of benzene rings is 1. The van der Waals surface area contributed by atoms with Crippen molar-refractivity contribution in [3.63, 3.8) is 0 Å². The summed E-state index contributed by atoms with van der Waals surface area (Å²) >= 11 is 0. The van der Waals surface area contributed by atoms with E-state index in [2.05, 4.69) is 10.2 Å². The van der Waals surface area contributed by atoms with E-state index in [0.29, 0.717) is 12.3 Å². The number of nitrogens with zero attached hydrogens (tertiary/aromatic N) is 1. The van der Waals surface area contributed by atoms with Gasteiger partial charge in [-0.25, -0.2) is 0 Å². The maximum Gasteiger partial charge on any atom is 0.233 e. The normalized spacial score (nSPS) is 18.5. The number of likely N-dealkylation sites (N-methyl/N-ethyl adjacent to an activating group) is 2. The van der Waals surface area contributed by atoms with Crippen molar-refractivity contribution in [1.82, 2.24) is 10.2 Å². The molecule has 2 rings (SSSR count). The van der Waals surface area contributed by atoms with Crippen LogP contribution < -0.4 is 5.32 Å². The molecule has 0 bridgehead atoms. The first-order chi connectivity index (χ1) is 8.61. The third kappa shape index (κ3) is 2.64. The average molecular weight is 248 g/mol. The van der Waals surface area contributed by atoms with E-state index in [-0.39, 0.29) is 11.9 Å². The van der Waals surface area contributed by atoms with E-state index >= 15 is 0 Å². The molecule has 0 saturated heterocycles. The third-order valence-electron chi connectivity index (χ3n) is 3.62. The summed E-state index contributed by atoms with van der Waals surface area (Å²) < 4.78 is 0. The van der Waals surface area contributed by atoms with E-state index < -0.39 is 0 Å². The van der Waals surface area contributed by atoms with Gasteiger partial charge >= 0.3 is 0 Å². The average Bonchev–Trinajstić information content (AvgIpc) is 2.37. The second-order valence-electron chi connectivity index (χ2n) is 4.88. The number of aryl methyl sites for hydroxylation is 1. The maximum atomic E-state index is 11.4. The Bertz CT molecular complexity index is 445. The lowest BCUT2D eigenvalue weighted by atomic mass is 9.87. The van der Waals surface area contributed by atoms with Crippen LogP contribution in [0.15, 0.2) is 18.2 Å². The second kappa shape index (κ2) is 5.40. The Hall–Kier alpha value is -1.55. The number of phenolic OH excluding ortho intramolecular Hbond substituents is 1. The zero-order valence-corrected chi connectivity index (χ0v) is 10.9. The van der Waals surface area contributed by atoms with E-state index in [0.717, 1.165) is 24.8 Å². The Labute approximate surface area is 108 Å². The van der Waals surface area contributed by atoms with Crippen LogP contribution in [-0.4, -0.2) is 36.6 Å². The second-order valence-corrected chi connectivity index (χ2v) is 4.88. The lowest BCUT2D eigenvalue weighted by molar-refractivity contribution is -0.122. The molecule has 0 aliphatic heterocycles. The minimum atomic E-state index is 0.0183. The predicted molar refractivity (Wildman–Crippen MR) is 70.5 cm³/mol. The van der Waals surface area contributed by atoms with Gasteiger partial charge in [0.1, 0.15) is 5.75 Å². The van der Waals surface area contributed by atoms with Crippen molar-refractivity contribution in [2.45, 2.75) is 25.3 Å². The molecule has 0 saturated carbocycles. The van der Waals surface area contributed by atoms with Crippen LogP contribution in [0.5, 0.6) is 5.75 Å². The first kappa shape index (κ1) is 12.9. The summed E-state index contributed by atoms with van der Waals surface area (Å²) in [5, 5.41) is 12.3. The number of amides is 1. The van der Waals surface area contributed by atoms with Crippen LogP contribution in [0.4, 0.5) is 0 Å². The van der Waals surface area contributed by atoms with Gasteiger partial charge in [0.2, 0.25) is 5.91 Å². The van der Waals surface area contributed by atoms with Gasteiger partial charge < -0.3 is 10.4 Å². The predicted octanol–water partition coefficient (Wildman–Crippen LogP) is 1.45. The highest BCUT2D eigenvalue weighted by molar-refractivity contribution is 5.77. The van der Waals surface area contributed by atoms with Crippen molar-refractivity contribution in [3.8, 4) is 5.75 Å². The molecule has 1 aliphatic rings. The number of aromatic hydroxyl groups is 1. The van der Waals surface area contributed by atoms with Gasteiger partial charge in [-0.05, 0) is 49.6 Å². The van der Waals surface area contributed by atoms with Crippen LogP contribution in [0.25, 0.3) is 0 Å². The number of carbonyl (C=O) groups is 1. The highest BCUT2D eigenvalue weighted by Crippen LogP contribution is 2.35. The standard InChI is InChI=1S/C14H20N2O2/c1-15-14(18)9-16(2)13-5-3-4-10-6-7-11(17)8-12(10)13/h6-8,13,17H,3-5,9H2,1-2H3,(H,15,18). The molecule has 1 aromatic rings. The monoisotopic (exact) mass is 248 g/mol. The molecule has 1 unspecified atom stereocenters. The smallest absolute Gasteiger partial charge is 0.233 e. The summed E-state index contributed by atoms with van der Waals surface area (Å²) in [6.45, 7) is 0.385. The summed E-state index contributed by atoms with van der Waals surface area (Å²) in [5.41, 5.74) is 2.44. The summed E-state index contributed by atoms with van der Waals surface area (Å²) in [7, 11) is 3.61. The van der Waals surface area contributed by atoms with E-state index in [1.807, 2.05) is 19.2 Å². The van der Waals surface area contributed by atoms with Gasteiger partial charge in [-0.1, -0.05) is 6.07 Å². The molecule has 1 atom stereocenters. The summed E-state index contributed by atoms with van der Waals surface area (Å²) in [5.74, 6) is 0.318. The zero-order chi connectivity index (χ0) is 13.1. The van der Waals surface area contributed by atoms with E-state index in [1.54, 1.807) is 13.1 Å². The lowest BCUT2D eigenvalue weighted by Crippen LogP contribution is -2.36. The fourth-order valence-corrected chi connectivity index (χ4v) is 2.64. The molecule has 0 fully saturated rings. The fourth-order valence-electron chi connectivity index (χ4n) is 2.64. The van der Waals surface area contributed by atoms with Crippen molar-refractivity contribution in [1.29, 1.82) is 0 Å². The number of phenols is 1. The van der Waals surface area contributed by atoms with Crippen LogP contribution in [-0.2, 0) is 11.2 Å². The van der Waals surface area contributed by atoms with Crippen molar-refractivity contribution >= 4 is 5.91 Å². The zero-order valence-electron chi connectivity index (χ0n) is 10.9. The quantitative estimate of drug-likeness (QED) is 0.851. The molecular weight excluding hydrogens is 228 g/mol. The Morgan fingerprint density at radius 1 is 1.56 bits per heavy atom. The van der Waals surface area contributed by atoms with Crippen LogP contribution in [0.1, 0.15) is 30.0 Å². The molecule has 0 spiro atoms. The number of hydrogen-bond donors (Lipinski definition) is 2. The summed E-state index contributed by atoms with van der Waals surface area (Å²) in [6.07, 6.45) is 3.21. The first-order valence-corrected chi connectivity index (χ1v) is 6.34. The minimum absolute atomic E-state index is 0.0183. The van der Waals surface area contributed by atoms with Crippen molar-refractivity contribution in [2.75, 3.05) is 20.6 Å². The van der Waals surface area contributed by atoms with E-state index in [4.69, 9.17) is 0 Å². The molecule has 2 N–H and O–H groups in total. The first-order valence-electron chi connectivity index (χ1n) is 6.34. The van der Waals surface area contributed by atoms with Crippen molar-refractivity contribution < 1.29 is 9.90 Å². The Morgan fingerprint density at radius 3 is 3.06 bits per heavy atom. The Balaban J connectivity index is 2.21. The molecule has 1 aromatic carbocycles. The topological polar surface area (TPSA) is 52.6 Å². The van der Waals surface area contributed by atoms with Gasteiger partial charge in [0.25, 0.3) is 0 Å². The van der Waals surface area contributed by atoms with Gasteiger partial charge in [0, 0.05) is 13.1 Å². The molecule has 1 aliphatic carbocycles. The molecular formula is C14H20N2O2. The van der Waals surface area contributed by atoms with Gasteiger partial charge in [-0.3, -0.25) is 9.69 Å². The van der Waals surface area contributed by atoms with Crippen LogP contribution in [0.3, 0.4) is 0 Å². The number of nitrogens with one attached hydrogen (secondary N) is 1. The molecule has 0 heterocycles. The van der Waals surface area contributed by atoms with Gasteiger partial charge in [0.15, 0.2) is 0 Å². The largest absolute Gasteiger partial charge is 0.508 e. The number of hydrogen-bond acceptors (Lipinski definition) is 3. The third-order valence-corrected chi connectivity index (χ3v) is 3.62. The van der Waals surface area contributed by atoms with E-state index in [9.17, 15) is 9.90 Å². The molecule has 18 heavy (non-hydrogen) atoms. The van der Waals surface area contributed by atoms with Crippen LogP contribution in [0, 0.1) is 0 Å². The van der Waals surface area contributed by atoms with Crippen LogP contribution in [0.2, 0.25) is 0 Å². The minimum Gasteiger partial charge on any atom is -0.508 e. The molecule has 0 radical (unpaired) electrons. The van der Waals surface area contributed by atoms with Gasteiger partial charge in [0.05, 0.1) is 6.54 Å². The van der Waals surface area contributed by atoms with Crippen molar-refractivity contribution in [3.05, 3.63) is 29.3 Å². The fraction of sp³-hybridized carbons (Fsp3) is 0.500. The van der Waals surface area contributed by atoms with Crippen LogP contribution >= 0.6 is 0 Å². The van der Waals surface area contributed by atoms with Crippen molar-refractivity contribution in [2.24, 2.45) is 0 Å².